The Morgan fingerprint density at radius 3 is 2.36 bits per heavy atom. The molecular formula is C20H23Cl2NOZr. The third-order valence-corrected chi connectivity index (χ3v) is 4.47. The van der Waals surface area contributed by atoms with Crippen molar-refractivity contribution in [2.75, 3.05) is 0 Å². The SMILES string of the molecule is Cc1cc(C=Nc2ccccc2)c(O)c(C2CCCCC2)c1.[Cl][Zr][Cl]. The van der Waals surface area contributed by atoms with Crippen LogP contribution in [0.5, 0.6) is 5.75 Å². The summed E-state index contributed by atoms with van der Waals surface area (Å²) < 4.78 is 0. The van der Waals surface area contributed by atoms with E-state index in [4.69, 9.17) is 17.0 Å². The molecule has 2 aromatic carbocycles. The number of nitrogens with zero attached hydrogens (tertiary/aromatic N) is 1. The summed E-state index contributed by atoms with van der Waals surface area (Å²) >= 11 is -0.826. The van der Waals surface area contributed by atoms with Gasteiger partial charge in [-0.2, -0.15) is 0 Å². The normalized spacial score (nSPS) is 14.8. The van der Waals surface area contributed by atoms with Crippen molar-refractivity contribution in [2.24, 2.45) is 4.99 Å². The first-order valence-corrected chi connectivity index (χ1v) is 14.9. The molecule has 0 heterocycles. The van der Waals surface area contributed by atoms with Gasteiger partial charge < -0.3 is 5.11 Å². The number of para-hydroxylation sites is 1. The molecule has 1 N–H and O–H groups in total. The molecule has 2 aromatic rings. The maximum atomic E-state index is 10.7. The number of halogens is 2. The van der Waals surface area contributed by atoms with E-state index >= 15 is 0 Å². The van der Waals surface area contributed by atoms with Crippen LogP contribution in [0.1, 0.15) is 54.7 Å². The molecule has 132 valence electrons. The number of phenolic OH excluding ortho intramolecular Hbond substituents is 1. The molecule has 0 amide bonds. The van der Waals surface area contributed by atoms with E-state index in [1.54, 1.807) is 6.21 Å². The number of aliphatic imine (C=N–C) groups is 1. The van der Waals surface area contributed by atoms with Gasteiger partial charge in [-0.3, -0.25) is 4.99 Å². The average molecular weight is 456 g/mol. The second-order valence-electron chi connectivity index (χ2n) is 6.29. The van der Waals surface area contributed by atoms with Crippen molar-refractivity contribution in [3.63, 3.8) is 0 Å². The molecular weight excluding hydrogens is 432 g/mol. The second kappa shape index (κ2) is 11.2. The molecule has 0 unspecified atom stereocenters. The van der Waals surface area contributed by atoms with E-state index in [0.29, 0.717) is 11.7 Å². The topological polar surface area (TPSA) is 32.6 Å². The van der Waals surface area contributed by atoms with E-state index < -0.39 is 20.8 Å². The molecule has 1 aliphatic carbocycles. The molecule has 0 spiro atoms. The molecule has 0 saturated heterocycles. The molecule has 25 heavy (non-hydrogen) atoms. The predicted molar refractivity (Wildman–Crippen MR) is 104 cm³/mol. The van der Waals surface area contributed by atoms with Gasteiger partial charge in [-0.05, 0) is 55.0 Å². The fourth-order valence-electron chi connectivity index (χ4n) is 3.32. The van der Waals surface area contributed by atoms with Crippen LogP contribution in [0, 0.1) is 6.92 Å². The third-order valence-electron chi connectivity index (χ3n) is 4.47. The zero-order valence-electron chi connectivity index (χ0n) is 14.4. The van der Waals surface area contributed by atoms with E-state index in [1.165, 1.54) is 37.7 Å². The van der Waals surface area contributed by atoms with Crippen molar-refractivity contribution < 1.29 is 26.0 Å². The monoisotopic (exact) mass is 453 g/mol. The summed E-state index contributed by atoms with van der Waals surface area (Å²) in [4.78, 5) is 4.48. The number of aryl methyl sites for hydroxylation is 1. The van der Waals surface area contributed by atoms with Crippen LogP contribution in [-0.4, -0.2) is 11.3 Å². The van der Waals surface area contributed by atoms with Crippen LogP contribution in [0.4, 0.5) is 5.69 Å². The standard InChI is InChI=1S/C20H23NO.2ClH.Zr/c1-15-12-17(14-21-18-10-6-3-7-11-18)20(22)19(13-15)16-8-4-2-5-9-16;;;/h3,6-7,10-14,16,22H,2,4-5,8-9H2,1H3;2*1H;/q;;;+2/p-2. The van der Waals surface area contributed by atoms with Gasteiger partial charge in [0.05, 0.1) is 5.69 Å². The zero-order valence-corrected chi connectivity index (χ0v) is 18.4. The fraction of sp³-hybridized carbons (Fsp3) is 0.350. The summed E-state index contributed by atoms with van der Waals surface area (Å²) in [5.74, 6) is 0.912. The number of aromatic hydroxyl groups is 1. The van der Waals surface area contributed by atoms with E-state index in [-0.39, 0.29) is 0 Å². The van der Waals surface area contributed by atoms with Crippen LogP contribution < -0.4 is 0 Å². The van der Waals surface area contributed by atoms with Gasteiger partial charge in [0.1, 0.15) is 5.75 Å². The van der Waals surface area contributed by atoms with Gasteiger partial charge in [-0.25, -0.2) is 0 Å². The number of phenols is 1. The molecule has 0 aromatic heterocycles. The van der Waals surface area contributed by atoms with Crippen molar-refractivity contribution in [3.05, 3.63) is 59.2 Å². The van der Waals surface area contributed by atoms with Crippen LogP contribution in [0.3, 0.4) is 0 Å². The van der Waals surface area contributed by atoms with Gasteiger partial charge in [0.25, 0.3) is 0 Å². The minimum absolute atomic E-state index is 0.414. The molecule has 5 heteroatoms. The fourth-order valence-corrected chi connectivity index (χ4v) is 3.32. The number of benzene rings is 2. The van der Waals surface area contributed by atoms with Crippen molar-refractivity contribution in [1.29, 1.82) is 0 Å². The average Bonchev–Trinajstić information content (AvgIpc) is 2.64. The van der Waals surface area contributed by atoms with Crippen LogP contribution in [-0.2, 0) is 20.8 Å². The quantitative estimate of drug-likeness (QED) is 0.503. The summed E-state index contributed by atoms with van der Waals surface area (Å²) in [5, 5.41) is 10.7. The summed E-state index contributed by atoms with van der Waals surface area (Å²) in [7, 11) is 9.87. The Morgan fingerprint density at radius 2 is 1.72 bits per heavy atom. The molecule has 0 aliphatic heterocycles. The summed E-state index contributed by atoms with van der Waals surface area (Å²) in [5.41, 5.74) is 4.02. The Bertz CT molecular complexity index is 686. The molecule has 2 nitrogen and oxygen atoms in total. The molecule has 0 atom stereocenters. The first-order valence-electron chi connectivity index (χ1n) is 8.54. The van der Waals surface area contributed by atoms with Gasteiger partial charge >= 0.3 is 37.9 Å². The maximum absolute atomic E-state index is 10.7. The second-order valence-corrected chi connectivity index (χ2v) is 10.0. The van der Waals surface area contributed by atoms with E-state index in [9.17, 15) is 5.11 Å². The van der Waals surface area contributed by atoms with Crippen LogP contribution in [0.2, 0.25) is 0 Å². The molecule has 3 rings (SSSR count). The number of hydrogen-bond acceptors (Lipinski definition) is 2. The van der Waals surface area contributed by atoms with Crippen molar-refractivity contribution in [1.82, 2.24) is 0 Å². The number of rotatable bonds is 3. The minimum atomic E-state index is -0.826. The Kier molecular flexibility index (Phi) is 9.24. The van der Waals surface area contributed by atoms with Gasteiger partial charge in [0.15, 0.2) is 0 Å². The van der Waals surface area contributed by atoms with Crippen LogP contribution >= 0.6 is 17.0 Å². The molecule has 1 fully saturated rings. The van der Waals surface area contributed by atoms with Gasteiger partial charge in [-0.1, -0.05) is 43.5 Å². The molecule has 0 bridgehead atoms. The first kappa shape index (κ1) is 20.7. The van der Waals surface area contributed by atoms with Gasteiger partial charge in [0.2, 0.25) is 0 Å². The Labute approximate surface area is 169 Å². The van der Waals surface area contributed by atoms with Crippen LogP contribution in [0.25, 0.3) is 0 Å². The number of hydrogen-bond donors (Lipinski definition) is 1. The van der Waals surface area contributed by atoms with E-state index in [0.717, 1.165) is 16.8 Å². The summed E-state index contributed by atoms with van der Waals surface area (Å²) in [6.07, 6.45) is 8.02. The van der Waals surface area contributed by atoms with Crippen molar-refractivity contribution in [3.8, 4) is 5.75 Å². The Balaban J connectivity index is 0.000000701. The van der Waals surface area contributed by atoms with Gasteiger partial charge in [0, 0.05) is 11.8 Å². The van der Waals surface area contributed by atoms with E-state index in [2.05, 4.69) is 18.0 Å². The zero-order chi connectivity index (χ0) is 18.1. The van der Waals surface area contributed by atoms with Crippen molar-refractivity contribution >= 4 is 28.9 Å². The molecule has 1 aliphatic rings. The predicted octanol–water partition coefficient (Wildman–Crippen LogP) is 6.88. The first-order chi connectivity index (χ1) is 12.2. The summed E-state index contributed by atoms with van der Waals surface area (Å²) in [6.45, 7) is 2.09. The van der Waals surface area contributed by atoms with Crippen LogP contribution in [0.15, 0.2) is 47.5 Å². The van der Waals surface area contributed by atoms with Crippen molar-refractivity contribution in [2.45, 2.75) is 44.9 Å². The third kappa shape index (κ3) is 6.55. The Morgan fingerprint density at radius 1 is 1.08 bits per heavy atom. The summed E-state index contributed by atoms with van der Waals surface area (Å²) in [6, 6.07) is 14.0. The van der Waals surface area contributed by atoms with Gasteiger partial charge in [-0.15, -0.1) is 0 Å². The van der Waals surface area contributed by atoms with E-state index in [1.807, 2.05) is 36.4 Å². The Hall–Kier alpha value is -0.627. The molecule has 1 saturated carbocycles. The molecule has 0 radical (unpaired) electrons.